The van der Waals surface area contributed by atoms with Gasteiger partial charge in [-0.25, -0.2) is 4.79 Å². The lowest BCUT2D eigenvalue weighted by atomic mass is 9.97. The van der Waals surface area contributed by atoms with Crippen LogP contribution in [0.25, 0.3) is 33.6 Å². The van der Waals surface area contributed by atoms with E-state index in [0.29, 0.717) is 22.6 Å². The molecule has 4 aromatic rings. The molecule has 0 saturated carbocycles. The van der Waals surface area contributed by atoms with Crippen molar-refractivity contribution in [2.24, 2.45) is 0 Å². The molecule has 1 N–H and O–H groups in total. The molecular formula is C17H10N2O4. The highest BCUT2D eigenvalue weighted by Gasteiger charge is 2.21. The van der Waals surface area contributed by atoms with E-state index in [1.165, 1.54) is 12.3 Å². The third kappa shape index (κ3) is 2.17. The summed E-state index contributed by atoms with van der Waals surface area (Å²) in [6.45, 7) is 0. The minimum absolute atomic E-state index is 0.110. The number of aromatic nitrogens is 2. The number of rotatable bonds is 3. The lowest BCUT2D eigenvalue weighted by molar-refractivity contribution is 0.0697. The zero-order chi connectivity index (χ0) is 15.8. The Morgan fingerprint density at radius 2 is 1.96 bits per heavy atom. The Bertz CT molecular complexity index is 970. The predicted molar refractivity (Wildman–Crippen MR) is 81.9 cm³/mol. The Labute approximate surface area is 129 Å². The van der Waals surface area contributed by atoms with Crippen molar-refractivity contribution >= 4 is 16.9 Å². The van der Waals surface area contributed by atoms with Crippen LogP contribution in [0.3, 0.4) is 0 Å². The Kier molecular flexibility index (Phi) is 2.94. The summed E-state index contributed by atoms with van der Waals surface area (Å²) in [6.07, 6.45) is 1.31. The predicted octanol–water partition coefficient (Wildman–Crippen LogP) is 3.85. The first-order valence-electron chi connectivity index (χ1n) is 6.87. The number of furan rings is 1. The molecule has 0 aliphatic carbocycles. The van der Waals surface area contributed by atoms with Crippen LogP contribution in [0.2, 0.25) is 0 Å². The second-order valence-corrected chi connectivity index (χ2v) is 4.97. The molecule has 0 amide bonds. The van der Waals surface area contributed by atoms with E-state index >= 15 is 0 Å². The molecule has 0 spiro atoms. The van der Waals surface area contributed by atoms with E-state index in [1.54, 1.807) is 12.1 Å². The topological polar surface area (TPSA) is 89.4 Å². The lowest BCUT2D eigenvalue weighted by Crippen LogP contribution is -2.01. The second kappa shape index (κ2) is 5.10. The molecule has 2 aromatic heterocycles. The number of fused-ring (bicyclic) bond motifs is 1. The van der Waals surface area contributed by atoms with Crippen molar-refractivity contribution in [1.29, 1.82) is 0 Å². The van der Waals surface area contributed by atoms with Crippen LogP contribution >= 0.6 is 0 Å². The van der Waals surface area contributed by atoms with Gasteiger partial charge in [0.25, 0.3) is 0 Å². The van der Waals surface area contributed by atoms with Gasteiger partial charge in [0.1, 0.15) is 17.0 Å². The maximum Gasteiger partial charge on any atom is 0.336 e. The summed E-state index contributed by atoms with van der Waals surface area (Å²) in [5.41, 5.74) is 2.22. The van der Waals surface area contributed by atoms with Gasteiger partial charge in [0.05, 0.1) is 5.56 Å². The summed E-state index contributed by atoms with van der Waals surface area (Å²) in [4.78, 5) is 11.6. The molecular weight excluding hydrogens is 296 g/mol. The Morgan fingerprint density at radius 1 is 1.09 bits per heavy atom. The highest BCUT2D eigenvalue weighted by molar-refractivity contribution is 6.00. The molecule has 112 valence electrons. The van der Waals surface area contributed by atoms with Crippen molar-refractivity contribution in [2.45, 2.75) is 0 Å². The van der Waals surface area contributed by atoms with Crippen molar-refractivity contribution in [3.63, 3.8) is 0 Å². The average Bonchev–Trinajstić information content (AvgIpc) is 3.23. The fourth-order valence-electron chi connectivity index (χ4n) is 2.60. The van der Waals surface area contributed by atoms with E-state index in [-0.39, 0.29) is 5.56 Å². The molecule has 6 heteroatoms. The van der Waals surface area contributed by atoms with Crippen molar-refractivity contribution in [2.75, 3.05) is 0 Å². The zero-order valence-corrected chi connectivity index (χ0v) is 11.8. The minimum Gasteiger partial charge on any atom is -0.478 e. The Balaban J connectivity index is 2.01. The number of aromatic carboxylic acids is 1. The number of carboxylic acids is 1. The first-order chi connectivity index (χ1) is 11.2. The highest BCUT2D eigenvalue weighted by atomic mass is 16.5. The molecule has 0 bridgehead atoms. The zero-order valence-electron chi connectivity index (χ0n) is 11.8. The Hall–Kier alpha value is -3.41. The van der Waals surface area contributed by atoms with Gasteiger partial charge >= 0.3 is 5.97 Å². The van der Waals surface area contributed by atoms with E-state index in [0.717, 1.165) is 11.0 Å². The summed E-state index contributed by atoms with van der Waals surface area (Å²) in [5.74, 6) is -0.492. The summed E-state index contributed by atoms with van der Waals surface area (Å²) in [7, 11) is 0. The lowest BCUT2D eigenvalue weighted by Gasteiger charge is -2.07. The van der Waals surface area contributed by atoms with Crippen molar-refractivity contribution < 1.29 is 18.8 Å². The van der Waals surface area contributed by atoms with Gasteiger partial charge in [-0.2, -0.15) is 0 Å². The van der Waals surface area contributed by atoms with Gasteiger partial charge in [-0.1, -0.05) is 30.3 Å². The normalized spacial score (nSPS) is 11.0. The molecule has 0 radical (unpaired) electrons. The van der Waals surface area contributed by atoms with E-state index < -0.39 is 5.97 Å². The van der Waals surface area contributed by atoms with Crippen molar-refractivity contribution in [3.05, 3.63) is 60.4 Å². The van der Waals surface area contributed by atoms with Gasteiger partial charge in [0.2, 0.25) is 0 Å². The van der Waals surface area contributed by atoms with E-state index in [1.807, 2.05) is 30.3 Å². The van der Waals surface area contributed by atoms with Crippen LogP contribution in [-0.4, -0.2) is 21.4 Å². The summed E-state index contributed by atoms with van der Waals surface area (Å²) in [6, 6.07) is 14.4. The first kappa shape index (κ1) is 13.3. The van der Waals surface area contributed by atoms with Crippen LogP contribution in [0.1, 0.15) is 10.4 Å². The van der Waals surface area contributed by atoms with Gasteiger partial charge in [0.15, 0.2) is 6.26 Å². The summed E-state index contributed by atoms with van der Waals surface area (Å²) < 4.78 is 10.6. The number of hydrogen-bond donors (Lipinski definition) is 1. The molecule has 0 atom stereocenters. The van der Waals surface area contributed by atoms with Gasteiger partial charge in [-0.05, 0) is 18.2 Å². The van der Waals surface area contributed by atoms with Crippen molar-refractivity contribution in [3.8, 4) is 22.6 Å². The fourth-order valence-corrected chi connectivity index (χ4v) is 2.60. The SMILES string of the molecule is O=C(O)c1cccc(-c2cc3ccccc3o2)c1-c1conn1. The largest absolute Gasteiger partial charge is 0.478 e. The van der Waals surface area contributed by atoms with Gasteiger partial charge in [-0.3, -0.25) is 0 Å². The Morgan fingerprint density at radius 3 is 2.70 bits per heavy atom. The molecule has 0 aliphatic heterocycles. The molecule has 0 saturated heterocycles. The van der Waals surface area contributed by atoms with Crippen LogP contribution < -0.4 is 0 Å². The number of carbonyl (C=O) groups is 1. The van der Waals surface area contributed by atoms with E-state index in [2.05, 4.69) is 10.4 Å². The maximum absolute atomic E-state index is 11.6. The van der Waals surface area contributed by atoms with Crippen LogP contribution in [0.4, 0.5) is 0 Å². The van der Waals surface area contributed by atoms with Gasteiger partial charge in [0, 0.05) is 21.8 Å². The molecule has 2 heterocycles. The van der Waals surface area contributed by atoms with Crippen LogP contribution in [0.5, 0.6) is 0 Å². The monoisotopic (exact) mass is 306 g/mol. The van der Waals surface area contributed by atoms with E-state index in [4.69, 9.17) is 8.94 Å². The number of nitrogens with zero attached hydrogens (tertiary/aromatic N) is 2. The summed E-state index contributed by atoms with van der Waals surface area (Å²) >= 11 is 0. The smallest absolute Gasteiger partial charge is 0.336 e. The quantitative estimate of drug-likeness (QED) is 0.618. The molecule has 6 nitrogen and oxygen atoms in total. The highest BCUT2D eigenvalue weighted by Crippen LogP contribution is 2.36. The molecule has 0 unspecified atom stereocenters. The molecule has 4 rings (SSSR count). The van der Waals surface area contributed by atoms with Gasteiger partial charge < -0.3 is 14.0 Å². The maximum atomic E-state index is 11.6. The van der Waals surface area contributed by atoms with Crippen LogP contribution in [0, 0.1) is 0 Å². The van der Waals surface area contributed by atoms with Crippen LogP contribution in [0.15, 0.2) is 63.7 Å². The first-order valence-corrected chi connectivity index (χ1v) is 6.87. The van der Waals surface area contributed by atoms with Crippen molar-refractivity contribution in [1.82, 2.24) is 10.4 Å². The molecule has 0 fully saturated rings. The average molecular weight is 306 g/mol. The number of hydrogen-bond acceptors (Lipinski definition) is 5. The van der Waals surface area contributed by atoms with Crippen LogP contribution in [-0.2, 0) is 0 Å². The third-order valence-corrected chi connectivity index (χ3v) is 3.60. The van der Waals surface area contributed by atoms with E-state index in [9.17, 15) is 9.90 Å². The van der Waals surface area contributed by atoms with Gasteiger partial charge in [-0.15, -0.1) is 5.10 Å². The number of para-hydroxylation sites is 1. The fraction of sp³-hybridized carbons (Fsp3) is 0. The number of benzene rings is 2. The minimum atomic E-state index is -1.05. The third-order valence-electron chi connectivity index (χ3n) is 3.60. The standard InChI is InChI=1S/C17H10N2O4/c20-17(21)12-6-3-5-11(16(12)13-9-22-19-18-13)15-8-10-4-1-2-7-14(10)23-15/h1-9H,(H,20,21). The summed E-state index contributed by atoms with van der Waals surface area (Å²) in [5, 5.41) is 17.7. The molecule has 0 aliphatic rings. The number of carboxylic acid groups (broad SMARTS) is 1. The molecule has 2 aromatic carbocycles. The molecule has 23 heavy (non-hydrogen) atoms. The second-order valence-electron chi connectivity index (χ2n) is 4.97.